The van der Waals surface area contributed by atoms with Crippen LogP contribution in [0.1, 0.15) is 18.9 Å². The fourth-order valence-electron chi connectivity index (χ4n) is 3.11. The van der Waals surface area contributed by atoms with Gasteiger partial charge in [0.2, 0.25) is 12.7 Å². The van der Waals surface area contributed by atoms with Crippen molar-refractivity contribution in [2.75, 3.05) is 12.5 Å². The predicted molar refractivity (Wildman–Crippen MR) is 111 cm³/mol. The number of thioether (sulfide) groups is 1. The first-order valence-electron chi connectivity index (χ1n) is 9.43. The number of ether oxygens (including phenoxy) is 2. The van der Waals surface area contributed by atoms with Crippen LogP contribution in [0.4, 0.5) is 0 Å². The van der Waals surface area contributed by atoms with Crippen LogP contribution in [0, 0.1) is 0 Å². The van der Waals surface area contributed by atoms with Gasteiger partial charge in [-0.3, -0.25) is 14.2 Å². The van der Waals surface area contributed by atoms with Gasteiger partial charge in [0.1, 0.15) is 0 Å². The zero-order chi connectivity index (χ0) is 20.2. The number of aromatic nitrogens is 2. The van der Waals surface area contributed by atoms with E-state index in [9.17, 15) is 9.59 Å². The molecule has 0 saturated carbocycles. The number of carbonyl (C=O) groups is 1. The summed E-state index contributed by atoms with van der Waals surface area (Å²) in [6.45, 7) is 3.19. The summed E-state index contributed by atoms with van der Waals surface area (Å²) in [6.07, 6.45) is 0.809. The van der Waals surface area contributed by atoms with E-state index in [4.69, 9.17) is 9.47 Å². The molecule has 2 aromatic carbocycles. The van der Waals surface area contributed by atoms with Gasteiger partial charge in [-0.05, 0) is 36.2 Å². The molecule has 2 heterocycles. The van der Waals surface area contributed by atoms with Gasteiger partial charge in [-0.1, -0.05) is 36.9 Å². The van der Waals surface area contributed by atoms with E-state index in [1.54, 1.807) is 10.6 Å². The molecule has 7 nitrogen and oxygen atoms in total. The van der Waals surface area contributed by atoms with Crippen LogP contribution in [0.25, 0.3) is 10.9 Å². The first-order valence-corrected chi connectivity index (χ1v) is 10.4. The van der Waals surface area contributed by atoms with Crippen molar-refractivity contribution in [3.05, 3.63) is 58.4 Å². The number of fused-ring (bicyclic) bond motifs is 2. The number of nitrogens with zero attached hydrogens (tertiary/aromatic N) is 2. The van der Waals surface area contributed by atoms with Crippen molar-refractivity contribution in [1.82, 2.24) is 14.9 Å². The number of para-hydroxylation sites is 1. The van der Waals surface area contributed by atoms with Crippen molar-refractivity contribution in [2.24, 2.45) is 0 Å². The zero-order valence-electron chi connectivity index (χ0n) is 16.0. The highest BCUT2D eigenvalue weighted by atomic mass is 32.2. The van der Waals surface area contributed by atoms with E-state index in [-0.39, 0.29) is 24.0 Å². The molecule has 8 heteroatoms. The van der Waals surface area contributed by atoms with E-state index < -0.39 is 0 Å². The van der Waals surface area contributed by atoms with E-state index in [2.05, 4.69) is 10.3 Å². The normalized spacial score (nSPS) is 12.3. The highest BCUT2D eigenvalue weighted by Gasteiger charge is 2.15. The number of carbonyl (C=O) groups excluding carboxylic acids is 1. The van der Waals surface area contributed by atoms with E-state index in [0.717, 1.165) is 12.0 Å². The maximum Gasteiger partial charge on any atom is 0.262 e. The van der Waals surface area contributed by atoms with Gasteiger partial charge in [-0.15, -0.1) is 0 Å². The van der Waals surface area contributed by atoms with Gasteiger partial charge in [0.05, 0.1) is 16.7 Å². The van der Waals surface area contributed by atoms with Crippen LogP contribution in [-0.2, 0) is 17.9 Å². The lowest BCUT2D eigenvalue weighted by atomic mass is 10.2. The quantitative estimate of drug-likeness (QED) is 0.476. The second kappa shape index (κ2) is 8.57. The second-order valence-corrected chi connectivity index (χ2v) is 7.56. The molecule has 1 aromatic heterocycles. The molecule has 0 spiro atoms. The summed E-state index contributed by atoms with van der Waals surface area (Å²) in [5, 5.41) is 4.05. The lowest BCUT2D eigenvalue weighted by molar-refractivity contribution is -0.118. The first-order chi connectivity index (χ1) is 14.2. The molecule has 0 fully saturated rings. The summed E-state index contributed by atoms with van der Waals surface area (Å²) in [5.74, 6) is 1.46. The van der Waals surface area contributed by atoms with Crippen molar-refractivity contribution in [1.29, 1.82) is 0 Å². The molecule has 1 amide bonds. The summed E-state index contributed by atoms with van der Waals surface area (Å²) in [7, 11) is 0. The molecule has 0 bridgehead atoms. The molecule has 1 aliphatic heterocycles. The van der Waals surface area contributed by atoms with Crippen molar-refractivity contribution in [3.63, 3.8) is 0 Å². The molecule has 1 N–H and O–H groups in total. The third-order valence-electron chi connectivity index (χ3n) is 4.53. The molecule has 0 unspecified atom stereocenters. The fraction of sp³-hybridized carbons (Fsp3) is 0.286. The molecular weight excluding hydrogens is 390 g/mol. The summed E-state index contributed by atoms with van der Waals surface area (Å²) >= 11 is 1.27. The first kappa shape index (κ1) is 19.3. The number of hydrogen-bond acceptors (Lipinski definition) is 6. The molecule has 4 rings (SSSR count). The van der Waals surface area contributed by atoms with E-state index in [1.807, 2.05) is 43.3 Å². The lowest BCUT2D eigenvalue weighted by Crippen LogP contribution is -2.26. The highest BCUT2D eigenvalue weighted by molar-refractivity contribution is 7.99. The highest BCUT2D eigenvalue weighted by Crippen LogP contribution is 2.32. The number of rotatable bonds is 7. The molecule has 1 aliphatic rings. The second-order valence-electron chi connectivity index (χ2n) is 6.62. The van der Waals surface area contributed by atoms with E-state index in [0.29, 0.717) is 40.6 Å². The van der Waals surface area contributed by atoms with E-state index >= 15 is 0 Å². The Bertz CT molecular complexity index is 1110. The average Bonchev–Trinajstić information content (AvgIpc) is 3.21. The number of hydrogen-bond donors (Lipinski definition) is 1. The number of amides is 1. The molecule has 150 valence electrons. The number of benzene rings is 2. The third-order valence-corrected chi connectivity index (χ3v) is 5.51. The van der Waals surface area contributed by atoms with Crippen molar-refractivity contribution in [3.8, 4) is 11.5 Å². The largest absolute Gasteiger partial charge is 0.454 e. The average molecular weight is 411 g/mol. The van der Waals surface area contributed by atoms with Crippen LogP contribution in [0.5, 0.6) is 11.5 Å². The Morgan fingerprint density at radius 3 is 2.90 bits per heavy atom. The molecule has 0 atom stereocenters. The van der Waals surface area contributed by atoms with Gasteiger partial charge in [-0.25, -0.2) is 4.98 Å². The summed E-state index contributed by atoms with van der Waals surface area (Å²) < 4.78 is 12.3. The maximum absolute atomic E-state index is 12.8. The molecular formula is C21H21N3O4S. The van der Waals surface area contributed by atoms with Crippen LogP contribution in [0.15, 0.2) is 52.4 Å². The molecule has 0 saturated heterocycles. The van der Waals surface area contributed by atoms with Gasteiger partial charge >= 0.3 is 0 Å². The van der Waals surface area contributed by atoms with Crippen molar-refractivity contribution < 1.29 is 14.3 Å². The Hall–Kier alpha value is -3.00. The standard InChI is InChI=1S/C21H21N3O4S/c1-2-9-24-20(26)15-5-3-4-6-16(15)23-21(24)29-12-19(25)22-11-14-7-8-17-18(10-14)28-13-27-17/h3-8,10H,2,9,11-13H2,1H3,(H,22,25). The molecule has 3 aromatic rings. The Balaban J connectivity index is 1.42. The zero-order valence-corrected chi connectivity index (χ0v) is 16.8. The summed E-state index contributed by atoms with van der Waals surface area (Å²) in [6, 6.07) is 12.9. The Labute approximate surface area is 172 Å². The minimum atomic E-state index is -0.127. The van der Waals surface area contributed by atoms with Crippen LogP contribution >= 0.6 is 11.8 Å². The van der Waals surface area contributed by atoms with Crippen LogP contribution in [-0.4, -0.2) is 28.0 Å². The van der Waals surface area contributed by atoms with Crippen LogP contribution < -0.4 is 20.3 Å². The van der Waals surface area contributed by atoms with E-state index in [1.165, 1.54) is 11.8 Å². The number of nitrogens with one attached hydrogen (secondary N) is 1. The van der Waals surface area contributed by atoms with Gasteiger partial charge < -0.3 is 14.8 Å². The minimum absolute atomic E-state index is 0.0688. The topological polar surface area (TPSA) is 82.5 Å². The molecule has 29 heavy (non-hydrogen) atoms. The van der Waals surface area contributed by atoms with Crippen LogP contribution in [0.2, 0.25) is 0 Å². The SMILES string of the molecule is CCCn1c(SCC(=O)NCc2ccc3c(c2)OCO3)nc2ccccc2c1=O. The van der Waals surface area contributed by atoms with Gasteiger partial charge in [0.25, 0.3) is 5.56 Å². The third kappa shape index (κ3) is 4.22. The van der Waals surface area contributed by atoms with Gasteiger partial charge in [0, 0.05) is 13.1 Å². The smallest absolute Gasteiger partial charge is 0.262 e. The Kier molecular flexibility index (Phi) is 5.71. The van der Waals surface area contributed by atoms with Gasteiger partial charge in [0.15, 0.2) is 16.7 Å². The summed E-state index contributed by atoms with van der Waals surface area (Å²) in [4.78, 5) is 29.7. The van der Waals surface area contributed by atoms with Crippen molar-refractivity contribution in [2.45, 2.75) is 31.6 Å². The van der Waals surface area contributed by atoms with Crippen LogP contribution in [0.3, 0.4) is 0 Å². The Morgan fingerprint density at radius 2 is 2.03 bits per heavy atom. The molecule has 0 aliphatic carbocycles. The van der Waals surface area contributed by atoms with Crippen molar-refractivity contribution >= 4 is 28.6 Å². The van der Waals surface area contributed by atoms with Gasteiger partial charge in [-0.2, -0.15) is 0 Å². The minimum Gasteiger partial charge on any atom is -0.454 e. The fourth-order valence-corrected chi connectivity index (χ4v) is 3.97. The molecule has 0 radical (unpaired) electrons. The lowest BCUT2D eigenvalue weighted by Gasteiger charge is -2.12. The predicted octanol–water partition coefficient (Wildman–Crippen LogP) is 2.94. The Morgan fingerprint density at radius 1 is 1.21 bits per heavy atom. The maximum atomic E-state index is 12.8. The monoisotopic (exact) mass is 411 g/mol. The summed E-state index contributed by atoms with van der Waals surface area (Å²) in [5.41, 5.74) is 1.51.